The number of aromatic nitrogens is 3. The van der Waals surface area contributed by atoms with E-state index in [1.54, 1.807) is 24.3 Å². The Morgan fingerprint density at radius 1 is 1.14 bits per heavy atom. The molecule has 0 unspecified atom stereocenters. The average Bonchev–Trinajstić information content (AvgIpc) is 2.47. The number of benzene rings is 1. The second-order valence-electron chi connectivity index (χ2n) is 4.17. The van der Waals surface area contributed by atoms with Crippen LogP contribution in [0, 0.1) is 0 Å². The molecule has 0 saturated heterocycles. The number of nitrogens with one attached hydrogen (secondary N) is 1. The summed E-state index contributed by atoms with van der Waals surface area (Å²) in [5.41, 5.74) is -0.108. The Kier molecular flexibility index (Phi) is 3.41. The van der Waals surface area contributed by atoms with Crippen LogP contribution < -0.4 is 5.56 Å². The molecule has 7 heteroatoms. The minimum absolute atomic E-state index is 0.143. The lowest BCUT2D eigenvalue weighted by Crippen LogP contribution is -2.05. The number of carboxylic acid groups (broad SMARTS) is 1. The molecule has 2 N–H and O–H groups in total. The Morgan fingerprint density at radius 2 is 1.90 bits per heavy atom. The van der Waals surface area contributed by atoms with Crippen molar-refractivity contribution in [2.45, 2.75) is 10.2 Å². The fraction of sp³-hybridized carbons (Fsp3) is 0. The minimum atomic E-state index is -1.03. The monoisotopic (exact) mass is 299 g/mol. The van der Waals surface area contributed by atoms with E-state index < -0.39 is 5.97 Å². The quantitative estimate of drug-likeness (QED) is 0.719. The molecule has 0 radical (unpaired) electrons. The molecule has 21 heavy (non-hydrogen) atoms. The Balaban J connectivity index is 2.14. The molecular formula is C14H9N3O3S. The first-order valence-corrected chi connectivity index (χ1v) is 6.81. The van der Waals surface area contributed by atoms with Crippen LogP contribution >= 0.6 is 11.8 Å². The average molecular weight is 299 g/mol. The van der Waals surface area contributed by atoms with Crippen molar-refractivity contribution in [3.63, 3.8) is 0 Å². The molecule has 0 amide bonds. The highest BCUT2D eigenvalue weighted by Crippen LogP contribution is 2.30. The van der Waals surface area contributed by atoms with Gasteiger partial charge in [-0.3, -0.25) is 4.79 Å². The molecule has 0 saturated carbocycles. The zero-order valence-electron chi connectivity index (χ0n) is 10.6. The van der Waals surface area contributed by atoms with Crippen LogP contribution in [0.15, 0.2) is 57.7 Å². The van der Waals surface area contributed by atoms with Crippen molar-refractivity contribution >= 4 is 28.5 Å². The van der Waals surface area contributed by atoms with E-state index in [9.17, 15) is 14.7 Å². The van der Waals surface area contributed by atoms with E-state index >= 15 is 0 Å². The highest BCUT2D eigenvalue weighted by molar-refractivity contribution is 7.99. The number of carbonyl (C=O) groups is 1. The summed E-state index contributed by atoms with van der Waals surface area (Å²) >= 11 is 1.18. The van der Waals surface area contributed by atoms with E-state index in [1.165, 1.54) is 30.2 Å². The van der Waals surface area contributed by atoms with Crippen molar-refractivity contribution < 1.29 is 9.90 Å². The Bertz CT molecular complexity index is 892. The molecule has 2 aromatic heterocycles. The maximum Gasteiger partial charge on any atom is 0.337 e. The summed E-state index contributed by atoms with van der Waals surface area (Å²) < 4.78 is 0. The van der Waals surface area contributed by atoms with Gasteiger partial charge in [0.1, 0.15) is 5.03 Å². The number of carboxylic acids is 1. The number of hydrogen-bond acceptors (Lipinski definition) is 5. The summed E-state index contributed by atoms with van der Waals surface area (Å²) in [5.74, 6) is -1.03. The van der Waals surface area contributed by atoms with Gasteiger partial charge in [0.25, 0.3) is 5.56 Å². The topological polar surface area (TPSA) is 95.9 Å². The fourth-order valence-electron chi connectivity index (χ4n) is 1.91. The van der Waals surface area contributed by atoms with Crippen LogP contribution in [0.5, 0.6) is 0 Å². The molecule has 3 aromatic rings. The number of aromatic carboxylic acids is 1. The van der Waals surface area contributed by atoms with Crippen molar-refractivity contribution in [2.24, 2.45) is 0 Å². The molecule has 0 fully saturated rings. The summed E-state index contributed by atoms with van der Waals surface area (Å²) in [4.78, 5) is 33.3. The van der Waals surface area contributed by atoms with Gasteiger partial charge < -0.3 is 10.1 Å². The lowest BCUT2D eigenvalue weighted by Gasteiger charge is -2.07. The number of rotatable bonds is 3. The third kappa shape index (κ3) is 2.63. The van der Waals surface area contributed by atoms with Gasteiger partial charge in [-0.1, -0.05) is 24.3 Å². The number of pyridine rings is 1. The van der Waals surface area contributed by atoms with Gasteiger partial charge in [-0.2, -0.15) is 0 Å². The van der Waals surface area contributed by atoms with E-state index in [0.717, 1.165) is 0 Å². The highest BCUT2D eigenvalue weighted by Gasteiger charge is 2.13. The Labute approximate surface area is 122 Å². The molecule has 0 atom stereocenters. The maximum absolute atomic E-state index is 11.3. The molecular weight excluding hydrogens is 290 g/mol. The Morgan fingerprint density at radius 3 is 2.62 bits per heavy atom. The van der Waals surface area contributed by atoms with Crippen molar-refractivity contribution in [3.8, 4) is 0 Å². The second kappa shape index (κ2) is 5.37. The van der Waals surface area contributed by atoms with Crippen molar-refractivity contribution in [3.05, 3.63) is 58.6 Å². The summed E-state index contributed by atoms with van der Waals surface area (Å²) in [6.45, 7) is 0. The molecule has 0 aliphatic heterocycles. The van der Waals surface area contributed by atoms with Gasteiger partial charge in [0, 0.05) is 29.2 Å². The summed E-state index contributed by atoms with van der Waals surface area (Å²) in [6, 6.07) is 8.42. The normalized spacial score (nSPS) is 10.7. The van der Waals surface area contributed by atoms with E-state index in [-0.39, 0.29) is 11.1 Å². The van der Waals surface area contributed by atoms with Gasteiger partial charge in [0.15, 0.2) is 5.16 Å². The molecule has 0 aliphatic carbocycles. The van der Waals surface area contributed by atoms with Crippen LogP contribution in [0.3, 0.4) is 0 Å². The van der Waals surface area contributed by atoms with Crippen molar-refractivity contribution in [2.75, 3.05) is 0 Å². The largest absolute Gasteiger partial charge is 0.478 e. The van der Waals surface area contributed by atoms with Crippen LogP contribution in [0.25, 0.3) is 10.8 Å². The van der Waals surface area contributed by atoms with Crippen LogP contribution in [0.1, 0.15) is 10.4 Å². The summed E-state index contributed by atoms with van der Waals surface area (Å²) in [7, 11) is 0. The predicted molar refractivity (Wildman–Crippen MR) is 77.7 cm³/mol. The Hall–Kier alpha value is -2.67. The molecule has 1 aromatic carbocycles. The van der Waals surface area contributed by atoms with Crippen LogP contribution in [-0.2, 0) is 0 Å². The maximum atomic E-state index is 11.3. The molecule has 6 nitrogen and oxygen atoms in total. The minimum Gasteiger partial charge on any atom is -0.478 e. The zero-order chi connectivity index (χ0) is 14.8. The van der Waals surface area contributed by atoms with E-state index in [0.29, 0.717) is 21.0 Å². The van der Waals surface area contributed by atoms with Gasteiger partial charge >= 0.3 is 5.97 Å². The van der Waals surface area contributed by atoms with Gasteiger partial charge in [0.2, 0.25) is 0 Å². The van der Waals surface area contributed by atoms with Crippen LogP contribution in [0.2, 0.25) is 0 Å². The number of aromatic amines is 1. The first kappa shape index (κ1) is 13.3. The summed E-state index contributed by atoms with van der Waals surface area (Å²) in [6.07, 6.45) is 2.73. The van der Waals surface area contributed by atoms with Gasteiger partial charge in [-0.05, 0) is 11.8 Å². The summed E-state index contributed by atoms with van der Waals surface area (Å²) in [5, 5.41) is 11.5. The highest BCUT2D eigenvalue weighted by atomic mass is 32.2. The van der Waals surface area contributed by atoms with E-state index in [1.807, 2.05) is 0 Å². The predicted octanol–water partition coefficient (Wildman–Crippen LogP) is 2.17. The number of nitrogens with zero attached hydrogens (tertiary/aromatic N) is 2. The van der Waals surface area contributed by atoms with Gasteiger partial charge in [-0.25, -0.2) is 14.8 Å². The fourth-order valence-corrected chi connectivity index (χ4v) is 2.76. The third-order valence-corrected chi connectivity index (χ3v) is 3.75. The molecule has 0 spiro atoms. The zero-order valence-corrected chi connectivity index (χ0v) is 11.4. The van der Waals surface area contributed by atoms with Crippen molar-refractivity contribution in [1.29, 1.82) is 0 Å². The van der Waals surface area contributed by atoms with Gasteiger partial charge in [0.05, 0.1) is 5.56 Å². The first-order valence-electron chi connectivity index (χ1n) is 5.99. The number of H-pyrrole nitrogens is 1. The lowest BCUT2D eigenvalue weighted by atomic mass is 10.1. The second-order valence-corrected chi connectivity index (χ2v) is 5.15. The van der Waals surface area contributed by atoms with Crippen LogP contribution in [0.4, 0.5) is 0 Å². The lowest BCUT2D eigenvalue weighted by molar-refractivity contribution is 0.0698. The standard InChI is InChI=1S/C14H9N3O3S/c18-11-5-6-15-14(17-11)21-12-9-4-2-1-3-8(9)10(7-16-12)13(19)20/h1-7H,(H,19,20)(H,15,17,18). The smallest absolute Gasteiger partial charge is 0.337 e. The molecule has 0 aliphatic rings. The van der Waals surface area contributed by atoms with Gasteiger partial charge in [-0.15, -0.1) is 0 Å². The van der Waals surface area contributed by atoms with Crippen molar-refractivity contribution in [1.82, 2.24) is 15.0 Å². The molecule has 104 valence electrons. The molecule has 2 heterocycles. The van der Waals surface area contributed by atoms with E-state index in [2.05, 4.69) is 15.0 Å². The number of fused-ring (bicyclic) bond motifs is 1. The SMILES string of the molecule is O=C(O)c1cnc(Sc2nccc(=O)[nH]2)c2ccccc12. The molecule has 3 rings (SSSR count). The first-order chi connectivity index (χ1) is 10.1. The number of hydrogen-bond donors (Lipinski definition) is 2. The van der Waals surface area contributed by atoms with E-state index in [4.69, 9.17) is 0 Å². The molecule has 0 bridgehead atoms. The van der Waals surface area contributed by atoms with Crippen LogP contribution in [-0.4, -0.2) is 26.0 Å². The third-order valence-electron chi connectivity index (χ3n) is 2.83.